The predicted octanol–water partition coefficient (Wildman–Crippen LogP) is 11.4. The zero-order valence-electron chi connectivity index (χ0n) is 81.9. The van der Waals surface area contributed by atoms with Crippen LogP contribution in [-0.2, 0) is 111 Å². The van der Waals surface area contributed by atoms with Crippen molar-refractivity contribution in [2.45, 2.75) is 277 Å². The van der Waals surface area contributed by atoms with E-state index in [0.29, 0.717) is 94.6 Å². The molecule has 12 N–H and O–H groups in total. The highest BCUT2D eigenvalue weighted by Crippen LogP contribution is 2.31. The molecule has 1 aromatic heterocycles. The molecule has 139 heavy (non-hydrogen) atoms. The maximum Gasteiger partial charge on any atom is 0.335 e. The van der Waals surface area contributed by atoms with Gasteiger partial charge in [-0.1, -0.05) is 117 Å². The molecule has 0 bridgehead atoms. The molecule has 2 aromatic carbocycles. The van der Waals surface area contributed by atoms with Crippen LogP contribution in [0.15, 0.2) is 61.1 Å². The van der Waals surface area contributed by atoms with Gasteiger partial charge in [0.2, 0.25) is 23.6 Å². The molecule has 0 unspecified atom stereocenters. The van der Waals surface area contributed by atoms with E-state index in [2.05, 4.69) is 31.2 Å². The summed E-state index contributed by atoms with van der Waals surface area (Å²) in [7, 11) is 0. The first kappa shape index (κ1) is 123. The number of amides is 4. The Morgan fingerprint density at radius 2 is 0.705 bits per heavy atom. The summed E-state index contributed by atoms with van der Waals surface area (Å²) in [5.41, 5.74) is 6.07. The van der Waals surface area contributed by atoms with Gasteiger partial charge in [-0.3, -0.25) is 67.1 Å². The minimum atomic E-state index is -1.22. The quantitative estimate of drug-likeness (QED) is 0.0234. The summed E-state index contributed by atoms with van der Waals surface area (Å²) < 4.78 is 55.0. The Morgan fingerprint density at radius 3 is 1.13 bits per heavy atom. The highest BCUT2D eigenvalue weighted by atomic mass is 16.5. The number of carboxylic acids is 5. The number of nitrogens with one attached hydrogen (secondary N) is 5. The van der Waals surface area contributed by atoms with Crippen LogP contribution in [0, 0.1) is 29.1 Å². The molecular weight excluding hydrogens is 1810 g/mol. The summed E-state index contributed by atoms with van der Waals surface area (Å²) in [4.78, 5) is 206. The van der Waals surface area contributed by atoms with Crippen LogP contribution < -0.4 is 36.5 Å². The number of unbranched alkanes of at least 4 members (excludes halogenated alkanes) is 18. The van der Waals surface area contributed by atoms with Crippen LogP contribution >= 0.6 is 0 Å². The SMILES string of the molecule is CC(C)(CC(=O)[C@@H](N)Cc1cnc[nH]1)C(=O)C[C@@H](CCCCNC(=O)COCCOCCCC(=O)COCCOCCNC(=O)CC[C@H](CC(=O)CCCCCCCCCCCOc1ccc(C(=O)O)cc1)C(=O)O)C(=O)C[C@@H](CCCCNC(=O)COCCOCCNC(=O)COCCOCCCC(=O)CC[C@H](CC(=O)CCCCCCCCCCCOc1ccc(C(=O)O)cc1)C(=O)O)C(=O)O. The average Bonchev–Trinajstić information content (AvgIpc) is 1.43. The van der Waals surface area contributed by atoms with Gasteiger partial charge in [-0.05, 0) is 126 Å². The summed E-state index contributed by atoms with van der Waals surface area (Å²) in [5, 5.41) is 58.5. The number of carbonyl (C=O) groups excluding carboxylic acids is 11. The number of aliphatic carboxylic acids is 3. The number of hydrogen-bond donors (Lipinski definition) is 11. The lowest BCUT2D eigenvalue weighted by Gasteiger charge is -2.26. The summed E-state index contributed by atoms with van der Waals surface area (Å²) in [6.45, 7) is 6.13. The second-order valence-electron chi connectivity index (χ2n) is 35.6. The summed E-state index contributed by atoms with van der Waals surface area (Å²) in [6.07, 6.45) is 23.6. The topological polar surface area (TPSA) is 569 Å². The van der Waals surface area contributed by atoms with Gasteiger partial charge < -0.3 is 105 Å². The molecule has 38 heteroatoms. The molecule has 0 aliphatic rings. The molecule has 4 amide bonds. The van der Waals surface area contributed by atoms with Crippen LogP contribution in [0.2, 0.25) is 0 Å². The fraction of sp³-hybridized carbons (Fsp3) is 0.693. The van der Waals surface area contributed by atoms with E-state index in [1.165, 1.54) is 30.6 Å². The molecule has 0 aliphatic heterocycles. The van der Waals surface area contributed by atoms with Crippen LogP contribution in [0.25, 0.3) is 0 Å². The van der Waals surface area contributed by atoms with Crippen LogP contribution in [0.1, 0.15) is 291 Å². The van der Waals surface area contributed by atoms with Crippen LogP contribution in [0.5, 0.6) is 11.5 Å². The molecule has 38 nitrogen and oxygen atoms in total. The summed E-state index contributed by atoms with van der Waals surface area (Å²) in [5.74, 6) is -11.2. The third-order valence-electron chi connectivity index (χ3n) is 23.2. The monoisotopic (exact) mass is 1960 g/mol. The van der Waals surface area contributed by atoms with Crippen LogP contribution in [-0.4, -0.2) is 281 Å². The number of nitrogens with two attached hydrogens (primary N) is 1. The van der Waals surface area contributed by atoms with Gasteiger partial charge in [0, 0.05) is 140 Å². The fourth-order valence-electron chi connectivity index (χ4n) is 14.9. The Labute approximate surface area is 817 Å². The Balaban J connectivity index is 1.18. The van der Waals surface area contributed by atoms with Gasteiger partial charge in [0.1, 0.15) is 66.8 Å². The molecule has 3 rings (SSSR count). The number of ether oxygens (including phenoxy) is 10. The average molecular weight is 1970 g/mol. The second-order valence-corrected chi connectivity index (χ2v) is 35.6. The first-order valence-corrected chi connectivity index (χ1v) is 49.6. The third-order valence-corrected chi connectivity index (χ3v) is 23.2. The number of Topliss-reactive ketones (excluding diaryl/α,β-unsaturated/α-hetero) is 7. The largest absolute Gasteiger partial charge is 0.494 e. The van der Waals surface area contributed by atoms with E-state index in [1.807, 2.05) is 0 Å². The highest BCUT2D eigenvalue weighted by Gasteiger charge is 2.36. The maximum atomic E-state index is 14.1. The van der Waals surface area contributed by atoms with Crippen molar-refractivity contribution in [1.29, 1.82) is 0 Å². The molecular formula is C101H157N7O31. The first-order valence-electron chi connectivity index (χ1n) is 49.6. The van der Waals surface area contributed by atoms with Crippen molar-refractivity contribution in [1.82, 2.24) is 31.2 Å². The van der Waals surface area contributed by atoms with Crippen molar-refractivity contribution in [2.75, 3.05) is 145 Å². The lowest BCUT2D eigenvalue weighted by molar-refractivity contribution is -0.145. The predicted molar refractivity (Wildman–Crippen MR) is 512 cm³/mol. The molecule has 0 saturated heterocycles. The zero-order chi connectivity index (χ0) is 102. The van der Waals surface area contributed by atoms with Gasteiger partial charge in [0.05, 0.1) is 121 Å². The number of ketones is 7. The van der Waals surface area contributed by atoms with Crippen LogP contribution in [0.4, 0.5) is 0 Å². The molecule has 0 radical (unpaired) electrons. The Morgan fingerprint density at radius 1 is 0.338 bits per heavy atom. The lowest BCUT2D eigenvalue weighted by atomic mass is 9.76. The van der Waals surface area contributed by atoms with Gasteiger partial charge >= 0.3 is 29.8 Å². The van der Waals surface area contributed by atoms with E-state index in [-0.39, 0.29) is 279 Å². The Bertz CT molecular complexity index is 4020. The second kappa shape index (κ2) is 78.5. The van der Waals surface area contributed by atoms with Gasteiger partial charge in [-0.2, -0.15) is 0 Å². The molecule has 0 spiro atoms. The number of aromatic nitrogens is 2. The van der Waals surface area contributed by atoms with Crippen LogP contribution in [0.3, 0.4) is 0 Å². The van der Waals surface area contributed by atoms with E-state index in [4.69, 9.17) is 63.3 Å². The minimum Gasteiger partial charge on any atom is -0.494 e. The number of H-pyrrole nitrogens is 1. The highest BCUT2D eigenvalue weighted by molar-refractivity contribution is 5.96. The van der Waals surface area contributed by atoms with Gasteiger partial charge in [-0.25, -0.2) is 14.6 Å². The van der Waals surface area contributed by atoms with Gasteiger partial charge in [0.25, 0.3) is 0 Å². The Hall–Kier alpha value is -10.2. The number of rotatable bonds is 96. The van der Waals surface area contributed by atoms with Crippen molar-refractivity contribution in [3.05, 3.63) is 77.9 Å². The molecule has 3 aromatic rings. The molecule has 1 heterocycles. The van der Waals surface area contributed by atoms with Gasteiger partial charge in [-0.15, -0.1) is 0 Å². The van der Waals surface area contributed by atoms with Crippen molar-refractivity contribution in [3.8, 4) is 11.5 Å². The number of aromatic carboxylic acids is 2. The zero-order valence-corrected chi connectivity index (χ0v) is 81.9. The number of carbonyl (C=O) groups is 16. The smallest absolute Gasteiger partial charge is 0.335 e. The molecule has 0 fully saturated rings. The first-order chi connectivity index (χ1) is 66.9. The molecule has 782 valence electrons. The molecule has 0 aliphatic carbocycles. The Kier molecular flexibility index (Phi) is 69.4. The fourth-order valence-corrected chi connectivity index (χ4v) is 14.9. The number of imidazole rings is 1. The minimum absolute atomic E-state index is 0.0309. The number of benzene rings is 2. The van der Waals surface area contributed by atoms with E-state index >= 15 is 0 Å². The van der Waals surface area contributed by atoms with Gasteiger partial charge in [0.15, 0.2) is 11.6 Å². The lowest BCUT2D eigenvalue weighted by Crippen LogP contribution is -2.39. The van der Waals surface area contributed by atoms with E-state index in [9.17, 15) is 92.0 Å². The van der Waals surface area contributed by atoms with Crippen molar-refractivity contribution < 1.29 is 150 Å². The molecule has 0 saturated carbocycles. The maximum absolute atomic E-state index is 14.1. The summed E-state index contributed by atoms with van der Waals surface area (Å²) >= 11 is 0. The van der Waals surface area contributed by atoms with E-state index < -0.39 is 82.6 Å². The number of carboxylic acid groups (broad SMARTS) is 5. The number of nitrogens with zero attached hydrogens (tertiary/aromatic N) is 1. The van der Waals surface area contributed by atoms with E-state index in [0.717, 1.165) is 103 Å². The third kappa shape index (κ3) is 65.4. The normalized spacial score (nSPS) is 12.5. The van der Waals surface area contributed by atoms with E-state index in [1.54, 1.807) is 44.3 Å². The van der Waals surface area contributed by atoms with Crippen molar-refractivity contribution >= 4 is 94.0 Å². The van der Waals surface area contributed by atoms with Crippen molar-refractivity contribution in [3.63, 3.8) is 0 Å². The van der Waals surface area contributed by atoms with Crippen molar-refractivity contribution in [2.24, 2.45) is 34.8 Å². The number of hydrogen-bond acceptors (Lipinski definition) is 28. The molecule has 5 atom stereocenters. The standard InChI is InChI=1S/C101H157N7O31/c1-101(2,68-90(114)88(102)67-81-69-103-74-108-81)91(115)66-77(27-19-21-45-104-93(117)71-135-60-56-131-50-26-32-85(112)70-134-59-57-132-53-47-106-92(116)44-38-80(100(128)129)64-84(111)30-18-14-10-6-4-8-12-16-24-52-139-87-42-36-76(37-43-87)97(122)123)89(113)65-78(98(124)125)28-20-22-46-105-94(118)72-137-62-58-133-54-48-107-95(119)73-136-61-55-130-49-25-31-82(109)39-33-79(99(126)127)63-83(110)29-17-13-9-5-3-7-11-15-23-51-138-86-40-34-75(35-41-86)96(120)121/h34-37,40-43,69,74,77-80,88H,3-33,38-39,44-68,70-73,102H2,1-2H3,(H,103,108)(H,104,117)(H,105,118)(H,106,116)(H,107,119)(H,120,121)(H,122,123)(H,124,125)(H,126,127)(H,128,129)/t77-,78-,79-,80-,88+/m1/s1. The number of aromatic amines is 1. The summed E-state index contributed by atoms with van der Waals surface area (Å²) in [6, 6.07) is 11.8.